The fraction of sp³-hybridized carbons (Fsp3) is 0.375. The highest BCUT2D eigenvalue weighted by Gasteiger charge is 2.52. The summed E-state index contributed by atoms with van der Waals surface area (Å²) in [5.74, 6) is -2.91. The molecular weight excluding hydrogens is 509 g/mol. The van der Waals surface area contributed by atoms with E-state index in [1.54, 1.807) is 24.4 Å². The fourth-order valence-corrected chi connectivity index (χ4v) is 4.84. The van der Waals surface area contributed by atoms with E-state index in [-0.39, 0.29) is 24.8 Å². The van der Waals surface area contributed by atoms with E-state index >= 15 is 8.78 Å². The van der Waals surface area contributed by atoms with Crippen LogP contribution in [0.5, 0.6) is 11.6 Å². The van der Waals surface area contributed by atoms with Gasteiger partial charge >= 0.3 is 0 Å². The first-order valence-corrected chi connectivity index (χ1v) is 12.9. The molecule has 0 spiro atoms. The summed E-state index contributed by atoms with van der Waals surface area (Å²) >= 11 is -2.87. The molecule has 13 heteroatoms. The van der Waals surface area contributed by atoms with Crippen molar-refractivity contribution < 1.29 is 26.7 Å². The van der Waals surface area contributed by atoms with Gasteiger partial charge in [-0.2, -0.15) is 4.39 Å². The van der Waals surface area contributed by atoms with E-state index in [1.807, 2.05) is 4.72 Å². The second-order valence-electron chi connectivity index (χ2n) is 9.01. The largest absolute Gasteiger partial charge is 0.760 e. The SMILES string of the molecule is O=S([O-])N[C@@H](c1ccc(Oc2ncccc2-c2ccnc(N[C@H]3CCCNC3)n2)c(F)c1F)C1(F)CC1. The molecule has 0 radical (unpaired) electrons. The number of halogens is 3. The zero-order chi connectivity index (χ0) is 26.0. The highest BCUT2D eigenvalue weighted by Crippen LogP contribution is 2.50. The summed E-state index contributed by atoms with van der Waals surface area (Å²) in [4.78, 5) is 13.0. The number of aromatic nitrogens is 3. The maximum absolute atomic E-state index is 15.0. The molecule has 2 fully saturated rings. The number of nitrogens with zero attached hydrogens (tertiary/aromatic N) is 3. The lowest BCUT2D eigenvalue weighted by Crippen LogP contribution is -2.38. The van der Waals surface area contributed by atoms with Crippen molar-refractivity contribution in [2.45, 2.75) is 43.4 Å². The highest BCUT2D eigenvalue weighted by atomic mass is 32.2. The normalized spacial score (nSPS) is 20.2. The Labute approximate surface area is 213 Å². The summed E-state index contributed by atoms with van der Waals surface area (Å²) in [5.41, 5.74) is -1.55. The maximum Gasteiger partial charge on any atom is 0.228 e. The van der Waals surface area contributed by atoms with Gasteiger partial charge in [-0.05, 0) is 56.5 Å². The average molecular weight is 534 g/mol. The van der Waals surface area contributed by atoms with Crippen molar-refractivity contribution in [3.63, 3.8) is 0 Å². The van der Waals surface area contributed by atoms with E-state index < -0.39 is 45.9 Å². The molecule has 3 atom stereocenters. The Morgan fingerprint density at radius 1 is 1.16 bits per heavy atom. The van der Waals surface area contributed by atoms with Crippen molar-refractivity contribution in [1.29, 1.82) is 0 Å². The summed E-state index contributed by atoms with van der Waals surface area (Å²) < 4.78 is 74.6. The van der Waals surface area contributed by atoms with Gasteiger partial charge in [0.15, 0.2) is 11.6 Å². The summed E-state index contributed by atoms with van der Waals surface area (Å²) in [6.07, 6.45) is 5.09. The topological polar surface area (TPSA) is 124 Å². The lowest BCUT2D eigenvalue weighted by molar-refractivity contribution is 0.239. The Bertz CT molecular complexity index is 1310. The molecule has 0 bridgehead atoms. The zero-order valence-corrected chi connectivity index (χ0v) is 20.4. The molecule has 196 valence electrons. The van der Waals surface area contributed by atoms with E-state index in [2.05, 4.69) is 25.6 Å². The van der Waals surface area contributed by atoms with Gasteiger partial charge in [0.1, 0.15) is 5.67 Å². The number of nitrogens with one attached hydrogen (secondary N) is 3. The standard InChI is InChI=1S/C24H25F3N6O3S/c25-19-16(21(33-37(34)35)24(27)8-9-24)5-6-18(20(19)26)36-22-15(4-2-11-29-22)17-7-12-30-23(32-17)31-14-3-1-10-28-13-14/h2,4-7,11-12,14,21,28,33H,1,3,8-10,13H2,(H,34,35)(H,30,31,32)/p-1/t14-,21-/m0/s1. The number of hydrogen-bond acceptors (Lipinski definition) is 8. The molecule has 37 heavy (non-hydrogen) atoms. The molecule has 1 aromatic carbocycles. The van der Waals surface area contributed by atoms with Gasteiger partial charge < -0.3 is 19.9 Å². The van der Waals surface area contributed by atoms with E-state index in [0.29, 0.717) is 17.2 Å². The van der Waals surface area contributed by atoms with Crippen LogP contribution in [0.3, 0.4) is 0 Å². The van der Waals surface area contributed by atoms with Gasteiger partial charge in [-0.1, -0.05) is 6.07 Å². The van der Waals surface area contributed by atoms with Crippen LogP contribution in [0.4, 0.5) is 19.1 Å². The van der Waals surface area contributed by atoms with Crippen LogP contribution >= 0.6 is 0 Å². The van der Waals surface area contributed by atoms with Crippen molar-refractivity contribution in [1.82, 2.24) is 25.0 Å². The molecule has 3 N–H and O–H groups in total. The third-order valence-electron chi connectivity index (χ3n) is 6.39. The highest BCUT2D eigenvalue weighted by molar-refractivity contribution is 7.77. The third-order valence-corrected chi connectivity index (χ3v) is 6.81. The fourth-order valence-electron chi connectivity index (χ4n) is 4.31. The Hall–Kier alpha value is -3.13. The summed E-state index contributed by atoms with van der Waals surface area (Å²) in [7, 11) is 0. The van der Waals surface area contributed by atoms with E-state index in [1.165, 1.54) is 6.20 Å². The smallest absolute Gasteiger partial charge is 0.228 e. The zero-order valence-electron chi connectivity index (χ0n) is 19.5. The van der Waals surface area contributed by atoms with Crippen LogP contribution in [0, 0.1) is 11.6 Å². The first-order chi connectivity index (χ1) is 17.8. The van der Waals surface area contributed by atoms with Crippen molar-refractivity contribution in [3.05, 3.63) is 59.9 Å². The maximum atomic E-state index is 15.0. The molecular formula is C24H24F3N6O3S-. The molecule has 1 saturated heterocycles. The third kappa shape index (κ3) is 5.74. The van der Waals surface area contributed by atoms with Crippen molar-refractivity contribution in [3.8, 4) is 22.9 Å². The average Bonchev–Trinajstić information content (AvgIpc) is 3.65. The Balaban J connectivity index is 1.41. The second kappa shape index (κ2) is 10.7. The van der Waals surface area contributed by atoms with Crippen LogP contribution in [-0.4, -0.2) is 48.5 Å². The van der Waals surface area contributed by atoms with Crippen molar-refractivity contribution in [2.24, 2.45) is 0 Å². The predicted octanol–water partition coefficient (Wildman–Crippen LogP) is 3.70. The molecule has 2 aliphatic rings. The van der Waals surface area contributed by atoms with E-state index in [4.69, 9.17) is 4.74 Å². The van der Waals surface area contributed by atoms with Crippen LogP contribution in [-0.2, 0) is 11.3 Å². The molecule has 1 saturated carbocycles. The van der Waals surface area contributed by atoms with Gasteiger partial charge in [0, 0.05) is 41.8 Å². The molecule has 1 unspecified atom stereocenters. The minimum Gasteiger partial charge on any atom is -0.760 e. The Kier molecular flexibility index (Phi) is 7.38. The van der Waals surface area contributed by atoms with Gasteiger partial charge in [-0.15, -0.1) is 0 Å². The lowest BCUT2D eigenvalue weighted by atomic mass is 10.0. The number of ether oxygens (including phenoxy) is 1. The lowest BCUT2D eigenvalue weighted by Gasteiger charge is -2.24. The van der Waals surface area contributed by atoms with Crippen LogP contribution in [0.1, 0.15) is 37.3 Å². The number of hydrogen-bond donors (Lipinski definition) is 3. The molecule has 1 aliphatic carbocycles. The van der Waals surface area contributed by atoms with E-state index in [0.717, 1.165) is 38.1 Å². The van der Waals surface area contributed by atoms with Crippen LogP contribution in [0.2, 0.25) is 0 Å². The molecule has 9 nitrogen and oxygen atoms in total. The van der Waals surface area contributed by atoms with Gasteiger partial charge in [0.25, 0.3) is 0 Å². The minimum atomic E-state index is -2.87. The molecule has 2 aromatic heterocycles. The number of benzene rings is 1. The number of piperidine rings is 1. The Morgan fingerprint density at radius 2 is 2.00 bits per heavy atom. The predicted molar refractivity (Wildman–Crippen MR) is 129 cm³/mol. The molecule has 3 aromatic rings. The quantitative estimate of drug-likeness (QED) is 0.356. The van der Waals surface area contributed by atoms with Crippen LogP contribution < -0.4 is 20.1 Å². The van der Waals surface area contributed by atoms with E-state index in [9.17, 15) is 13.2 Å². The number of anilines is 1. The molecule has 0 amide bonds. The van der Waals surface area contributed by atoms with Gasteiger partial charge in [0.2, 0.25) is 17.6 Å². The summed E-state index contributed by atoms with van der Waals surface area (Å²) in [5, 5.41) is 6.60. The first kappa shape index (κ1) is 25.5. The number of rotatable bonds is 9. The number of alkyl halides is 1. The number of pyridine rings is 1. The molecule has 5 rings (SSSR count). The van der Waals surface area contributed by atoms with Gasteiger partial charge in [-0.3, -0.25) is 4.21 Å². The first-order valence-electron chi connectivity index (χ1n) is 11.8. The summed E-state index contributed by atoms with van der Waals surface area (Å²) in [6.45, 7) is 1.76. The van der Waals surface area contributed by atoms with Crippen molar-refractivity contribution in [2.75, 3.05) is 18.4 Å². The van der Waals surface area contributed by atoms with Gasteiger partial charge in [-0.25, -0.2) is 28.5 Å². The Morgan fingerprint density at radius 3 is 2.73 bits per heavy atom. The van der Waals surface area contributed by atoms with Gasteiger partial charge in [0.05, 0.1) is 17.3 Å². The minimum absolute atomic E-state index is 0.0305. The van der Waals surface area contributed by atoms with Crippen LogP contribution in [0.15, 0.2) is 42.7 Å². The monoisotopic (exact) mass is 533 g/mol. The second-order valence-corrected chi connectivity index (χ2v) is 9.72. The molecule has 1 aliphatic heterocycles. The van der Waals surface area contributed by atoms with Crippen LogP contribution in [0.25, 0.3) is 11.3 Å². The molecule has 3 heterocycles. The van der Waals surface area contributed by atoms with Crippen molar-refractivity contribution >= 4 is 17.2 Å². The summed E-state index contributed by atoms with van der Waals surface area (Å²) in [6, 6.07) is 5.81.